The number of hydrogen-bond donors (Lipinski definition) is 0. The summed E-state index contributed by atoms with van der Waals surface area (Å²) in [7, 11) is 0. The minimum atomic E-state index is 0.250. The number of fused-ring (bicyclic) bond motifs is 6. The van der Waals surface area contributed by atoms with Crippen LogP contribution >= 0.6 is 0 Å². The van der Waals surface area contributed by atoms with E-state index in [1.54, 1.807) is 0 Å². The summed E-state index contributed by atoms with van der Waals surface area (Å²) in [6.45, 7) is 15.9. The topological polar surface area (TPSA) is 32.8 Å². The maximum absolute atomic E-state index is 6.84. The van der Waals surface area contributed by atoms with Crippen molar-refractivity contribution in [3.8, 4) is 0 Å². The molecule has 0 aliphatic rings. The molecule has 0 saturated carbocycles. The zero-order valence-electron chi connectivity index (χ0n) is 38.0. The van der Waals surface area contributed by atoms with Crippen molar-refractivity contribution in [1.82, 2.24) is 0 Å². The highest BCUT2D eigenvalue weighted by molar-refractivity contribution is 6.30. The smallest absolute Gasteiger partial charge is 0.159 e. The Kier molecular flexibility index (Phi) is 8.87. The summed E-state index contributed by atoms with van der Waals surface area (Å²) in [4.78, 5) is 4.91. The van der Waals surface area contributed by atoms with Crippen LogP contribution in [0.3, 0.4) is 0 Å². The Morgan fingerprint density at radius 2 is 0.815 bits per heavy atom. The first-order valence-corrected chi connectivity index (χ1v) is 23.0. The van der Waals surface area contributed by atoms with E-state index in [0.29, 0.717) is 0 Å². The second kappa shape index (κ2) is 14.8. The van der Waals surface area contributed by atoms with Gasteiger partial charge in [-0.15, -0.1) is 0 Å². The molecule has 0 aliphatic carbocycles. The number of nitrogens with zero attached hydrogens (tertiary/aromatic N) is 2. The van der Waals surface area contributed by atoms with Gasteiger partial charge >= 0.3 is 0 Å². The molecule has 0 bridgehead atoms. The third-order valence-corrected chi connectivity index (χ3v) is 13.9. The molecular formula is C61H50N2O2. The highest BCUT2D eigenvalue weighted by Crippen LogP contribution is 2.53. The maximum Gasteiger partial charge on any atom is 0.159 e. The number of anilines is 6. The number of aryl methyl sites for hydroxylation is 3. The first kappa shape index (κ1) is 39.1. The molecular weight excluding hydrogens is 793 g/mol. The third-order valence-electron chi connectivity index (χ3n) is 13.9. The van der Waals surface area contributed by atoms with E-state index in [1.807, 2.05) is 0 Å². The van der Waals surface area contributed by atoms with Crippen LogP contribution in [0, 0.1) is 20.8 Å². The average molecular weight is 843 g/mol. The Morgan fingerprint density at radius 1 is 0.354 bits per heavy atom. The molecule has 0 saturated heterocycles. The van der Waals surface area contributed by atoms with Gasteiger partial charge in [0.2, 0.25) is 0 Å². The van der Waals surface area contributed by atoms with E-state index in [1.165, 1.54) is 60.1 Å². The lowest BCUT2D eigenvalue weighted by Crippen LogP contribution is -2.13. The van der Waals surface area contributed by atoms with Crippen LogP contribution in [0.15, 0.2) is 173 Å². The third kappa shape index (κ3) is 5.97. The second-order valence-corrected chi connectivity index (χ2v) is 18.6. The van der Waals surface area contributed by atoms with Crippen molar-refractivity contribution < 1.29 is 8.83 Å². The van der Waals surface area contributed by atoms with Gasteiger partial charge < -0.3 is 18.6 Å². The Bertz CT molecular complexity index is 3850. The Labute approximate surface area is 379 Å². The molecule has 0 atom stereocenters. The molecule has 65 heavy (non-hydrogen) atoms. The van der Waals surface area contributed by atoms with E-state index in [-0.39, 0.29) is 11.8 Å². The SMILES string of the molecule is Cc1cccc(N(c2cc(C(C)C)c3ccc4c(N(c5ccc(C)c(C)c5)c5cccc6c5oc5ccccc56)cc(C(C)C)c5ccc2c3c54)c2cccc3c2oc2ccccc23)c1. The van der Waals surface area contributed by atoms with E-state index in [4.69, 9.17) is 8.83 Å². The van der Waals surface area contributed by atoms with Crippen LogP contribution in [0.25, 0.3) is 76.2 Å². The standard InChI is InChI=1S/C61H50N2O2/c1-35(2)50-33-54(62(40-16-12-15-37(5)31-40)52-21-13-19-46-42-17-8-10-23-56(42)64-60(46)52)48-29-27-45-51(36(3)4)34-55(49-30-28-44(50)58(48)59(45)49)63(41-26-25-38(6)39(7)32-41)53-22-14-20-47-43-18-9-11-24-57(43)65-61(47)53/h8-36H,1-7H3. The fourth-order valence-corrected chi connectivity index (χ4v) is 10.6. The van der Waals surface area contributed by atoms with E-state index in [2.05, 4.69) is 222 Å². The molecule has 2 heterocycles. The van der Waals surface area contributed by atoms with Gasteiger partial charge in [0.1, 0.15) is 11.2 Å². The van der Waals surface area contributed by atoms with Crippen LogP contribution in [0.4, 0.5) is 34.1 Å². The Balaban J connectivity index is 1.21. The Morgan fingerprint density at radius 3 is 1.31 bits per heavy atom. The Hall–Kier alpha value is -7.56. The van der Waals surface area contributed by atoms with Crippen molar-refractivity contribution in [2.45, 2.75) is 60.3 Å². The molecule has 0 aliphatic heterocycles. The molecule has 316 valence electrons. The second-order valence-electron chi connectivity index (χ2n) is 18.6. The van der Waals surface area contributed by atoms with Gasteiger partial charge in [-0.05, 0) is 143 Å². The molecule has 0 unspecified atom stereocenters. The van der Waals surface area contributed by atoms with E-state index < -0.39 is 0 Å². The number of para-hydroxylation sites is 4. The van der Waals surface area contributed by atoms with Crippen LogP contribution in [-0.2, 0) is 0 Å². The summed E-state index contributed by atoms with van der Waals surface area (Å²) in [5.41, 5.74) is 16.3. The summed E-state index contributed by atoms with van der Waals surface area (Å²) in [5.74, 6) is 0.502. The zero-order chi connectivity index (χ0) is 44.2. The monoisotopic (exact) mass is 842 g/mol. The van der Waals surface area contributed by atoms with E-state index in [9.17, 15) is 0 Å². The zero-order valence-corrected chi connectivity index (χ0v) is 38.0. The molecule has 4 heteroatoms. The quantitative estimate of drug-likeness (QED) is 0.143. The van der Waals surface area contributed by atoms with Crippen LogP contribution in [-0.4, -0.2) is 0 Å². The molecule has 2 aromatic heterocycles. The van der Waals surface area contributed by atoms with Gasteiger partial charge in [-0.2, -0.15) is 0 Å². The molecule has 12 aromatic rings. The van der Waals surface area contributed by atoms with Crippen molar-refractivity contribution >= 4 is 110 Å². The van der Waals surface area contributed by atoms with Gasteiger partial charge in [0.15, 0.2) is 11.2 Å². The van der Waals surface area contributed by atoms with Gasteiger partial charge in [-0.3, -0.25) is 0 Å². The van der Waals surface area contributed by atoms with Gasteiger partial charge in [0, 0.05) is 43.7 Å². The number of hydrogen-bond acceptors (Lipinski definition) is 4. The highest BCUT2D eigenvalue weighted by atomic mass is 16.3. The van der Waals surface area contributed by atoms with Crippen molar-refractivity contribution in [3.05, 3.63) is 192 Å². The number of rotatable bonds is 8. The van der Waals surface area contributed by atoms with Crippen LogP contribution in [0.5, 0.6) is 0 Å². The minimum Gasteiger partial charge on any atom is -0.454 e. The molecule has 10 aromatic carbocycles. The van der Waals surface area contributed by atoms with Gasteiger partial charge in [-0.25, -0.2) is 0 Å². The van der Waals surface area contributed by atoms with Crippen molar-refractivity contribution in [2.24, 2.45) is 0 Å². The molecule has 0 N–H and O–H groups in total. The molecule has 12 rings (SSSR count). The minimum absolute atomic E-state index is 0.250. The number of furan rings is 2. The highest BCUT2D eigenvalue weighted by Gasteiger charge is 2.28. The van der Waals surface area contributed by atoms with Gasteiger partial charge in [0.05, 0.1) is 22.7 Å². The normalized spacial score (nSPS) is 12.2. The maximum atomic E-state index is 6.84. The lowest BCUT2D eigenvalue weighted by atomic mass is 9.84. The van der Waals surface area contributed by atoms with E-state index in [0.717, 1.165) is 78.0 Å². The summed E-state index contributed by atoms with van der Waals surface area (Å²) in [6.07, 6.45) is 0. The lowest BCUT2D eigenvalue weighted by Gasteiger charge is -2.31. The lowest BCUT2D eigenvalue weighted by molar-refractivity contribution is 0.668. The summed E-state index contributed by atoms with van der Waals surface area (Å²) < 4.78 is 13.7. The van der Waals surface area contributed by atoms with Crippen LogP contribution in [0.2, 0.25) is 0 Å². The predicted octanol–water partition coefficient (Wildman–Crippen LogP) is 18.5. The predicted molar refractivity (Wildman–Crippen MR) is 276 cm³/mol. The first-order valence-electron chi connectivity index (χ1n) is 23.0. The van der Waals surface area contributed by atoms with Crippen molar-refractivity contribution in [2.75, 3.05) is 9.80 Å². The fourth-order valence-electron chi connectivity index (χ4n) is 10.6. The molecule has 4 nitrogen and oxygen atoms in total. The van der Waals surface area contributed by atoms with Gasteiger partial charge in [0.25, 0.3) is 0 Å². The molecule has 0 fully saturated rings. The molecule has 0 radical (unpaired) electrons. The van der Waals surface area contributed by atoms with Crippen LogP contribution < -0.4 is 9.80 Å². The summed E-state index contributed by atoms with van der Waals surface area (Å²) in [5, 5.41) is 12.0. The van der Waals surface area contributed by atoms with E-state index >= 15 is 0 Å². The fraction of sp³-hybridized carbons (Fsp3) is 0.148. The summed E-state index contributed by atoms with van der Waals surface area (Å²) in [6, 6.07) is 60.1. The first-order chi connectivity index (χ1) is 31.6. The molecule has 0 spiro atoms. The largest absolute Gasteiger partial charge is 0.454 e. The molecule has 0 amide bonds. The summed E-state index contributed by atoms with van der Waals surface area (Å²) >= 11 is 0. The average Bonchev–Trinajstić information content (AvgIpc) is 3.89. The van der Waals surface area contributed by atoms with Crippen molar-refractivity contribution in [3.63, 3.8) is 0 Å². The van der Waals surface area contributed by atoms with Crippen molar-refractivity contribution in [1.29, 1.82) is 0 Å². The number of benzene rings is 10. The van der Waals surface area contributed by atoms with Gasteiger partial charge in [-0.1, -0.05) is 131 Å². The van der Waals surface area contributed by atoms with Crippen LogP contribution in [0.1, 0.15) is 67.3 Å².